The second kappa shape index (κ2) is 9.19. The number of nitro benzene ring substituents is 1. The highest BCUT2D eigenvalue weighted by Crippen LogP contribution is 2.32. The lowest BCUT2D eigenvalue weighted by Crippen LogP contribution is -2.09. The van der Waals surface area contributed by atoms with Crippen LogP contribution in [-0.2, 0) is 4.79 Å². The van der Waals surface area contributed by atoms with Gasteiger partial charge in [0.1, 0.15) is 17.3 Å². The van der Waals surface area contributed by atoms with Crippen molar-refractivity contribution in [2.24, 2.45) is 0 Å². The Morgan fingerprint density at radius 1 is 1.13 bits per heavy atom. The number of nitro groups is 1. The van der Waals surface area contributed by atoms with Crippen molar-refractivity contribution in [3.63, 3.8) is 0 Å². The predicted molar refractivity (Wildman–Crippen MR) is 111 cm³/mol. The number of ketones is 1. The number of hydrogen-bond donors (Lipinski definition) is 1. The Hall–Kier alpha value is -3.72. The number of carboxylic acids is 1. The van der Waals surface area contributed by atoms with Crippen molar-refractivity contribution < 1.29 is 28.8 Å². The van der Waals surface area contributed by atoms with Gasteiger partial charge in [0.05, 0.1) is 4.92 Å². The zero-order valence-corrected chi connectivity index (χ0v) is 16.9. The number of carbonyl (C=O) groups excluding carboxylic acids is 1. The molecule has 1 aromatic heterocycles. The van der Waals surface area contributed by atoms with Crippen molar-refractivity contribution in [1.29, 1.82) is 0 Å². The Balaban J connectivity index is 1.69. The number of rotatable bonds is 8. The molecule has 0 radical (unpaired) electrons. The van der Waals surface area contributed by atoms with Gasteiger partial charge in [0.25, 0.3) is 5.69 Å². The number of nitrogens with zero attached hydrogens (tertiary/aromatic N) is 1. The zero-order valence-electron chi connectivity index (χ0n) is 15.3. The predicted octanol–water partition coefficient (Wildman–Crippen LogP) is 4.98. The highest BCUT2D eigenvalue weighted by Gasteiger charge is 2.13. The van der Waals surface area contributed by atoms with E-state index in [4.69, 9.17) is 14.3 Å². The molecule has 30 heavy (non-hydrogen) atoms. The lowest BCUT2D eigenvalue weighted by atomic mass is 10.1. The normalized spacial score (nSPS) is 10.8. The van der Waals surface area contributed by atoms with E-state index in [-0.39, 0.29) is 11.5 Å². The monoisotopic (exact) mass is 471 g/mol. The van der Waals surface area contributed by atoms with E-state index in [0.717, 1.165) is 0 Å². The van der Waals surface area contributed by atoms with Crippen molar-refractivity contribution >= 4 is 39.4 Å². The maximum atomic E-state index is 12.3. The van der Waals surface area contributed by atoms with Crippen LogP contribution in [0.25, 0.3) is 17.4 Å². The molecule has 0 aliphatic rings. The largest absolute Gasteiger partial charge is 0.482 e. The Kier molecular flexibility index (Phi) is 6.43. The summed E-state index contributed by atoms with van der Waals surface area (Å²) in [5, 5.41) is 19.4. The highest BCUT2D eigenvalue weighted by molar-refractivity contribution is 9.10. The van der Waals surface area contributed by atoms with Gasteiger partial charge in [-0.2, -0.15) is 0 Å². The molecule has 0 saturated heterocycles. The average molecular weight is 472 g/mol. The summed E-state index contributed by atoms with van der Waals surface area (Å²) < 4.78 is 11.2. The molecule has 0 fully saturated rings. The van der Waals surface area contributed by atoms with Gasteiger partial charge in [-0.3, -0.25) is 14.9 Å². The molecule has 9 heteroatoms. The maximum absolute atomic E-state index is 12.3. The van der Waals surface area contributed by atoms with Crippen LogP contribution < -0.4 is 4.74 Å². The lowest BCUT2D eigenvalue weighted by molar-refractivity contribution is -0.384. The van der Waals surface area contributed by atoms with Crippen LogP contribution in [0, 0.1) is 10.1 Å². The fourth-order valence-electron chi connectivity index (χ4n) is 2.52. The number of carbonyl (C=O) groups is 2. The molecular weight excluding hydrogens is 458 g/mol. The van der Waals surface area contributed by atoms with Gasteiger partial charge >= 0.3 is 5.97 Å². The van der Waals surface area contributed by atoms with Crippen LogP contribution in [0.3, 0.4) is 0 Å². The van der Waals surface area contributed by atoms with E-state index in [1.54, 1.807) is 18.2 Å². The summed E-state index contributed by atoms with van der Waals surface area (Å²) >= 11 is 3.30. The number of allylic oxidation sites excluding steroid dienone is 1. The van der Waals surface area contributed by atoms with Crippen LogP contribution in [0.1, 0.15) is 16.1 Å². The van der Waals surface area contributed by atoms with Gasteiger partial charge < -0.3 is 14.3 Å². The molecule has 0 atom stereocenters. The minimum atomic E-state index is -1.09. The topological polar surface area (TPSA) is 120 Å². The van der Waals surface area contributed by atoms with Crippen molar-refractivity contribution in [2.45, 2.75) is 0 Å². The first-order valence-corrected chi connectivity index (χ1v) is 9.34. The van der Waals surface area contributed by atoms with Crippen molar-refractivity contribution in [3.8, 4) is 17.1 Å². The van der Waals surface area contributed by atoms with Gasteiger partial charge in [-0.15, -0.1) is 0 Å². The van der Waals surface area contributed by atoms with Crippen LogP contribution in [0.4, 0.5) is 5.69 Å². The van der Waals surface area contributed by atoms with Gasteiger partial charge in [-0.25, -0.2) is 4.79 Å². The molecule has 8 nitrogen and oxygen atoms in total. The number of aliphatic carboxylic acids is 1. The molecule has 2 aromatic carbocycles. The van der Waals surface area contributed by atoms with Crippen molar-refractivity contribution in [3.05, 3.63) is 86.6 Å². The van der Waals surface area contributed by atoms with Crippen molar-refractivity contribution in [1.82, 2.24) is 0 Å². The van der Waals surface area contributed by atoms with Gasteiger partial charge in [0, 0.05) is 27.7 Å². The number of hydrogen-bond acceptors (Lipinski definition) is 6. The Morgan fingerprint density at radius 2 is 1.87 bits per heavy atom. The molecule has 152 valence electrons. The van der Waals surface area contributed by atoms with Crippen LogP contribution in [-0.4, -0.2) is 28.4 Å². The summed E-state index contributed by atoms with van der Waals surface area (Å²) in [5.74, 6) is -0.0815. The first-order chi connectivity index (χ1) is 14.3. The number of benzene rings is 2. The third-order valence-electron chi connectivity index (χ3n) is 3.96. The summed E-state index contributed by atoms with van der Waals surface area (Å²) in [6.07, 6.45) is 2.86. The smallest absolute Gasteiger partial charge is 0.341 e. The molecule has 0 spiro atoms. The zero-order chi connectivity index (χ0) is 21.7. The molecule has 0 aliphatic heterocycles. The number of non-ortho nitro benzene ring substituents is 1. The summed E-state index contributed by atoms with van der Waals surface area (Å²) in [6, 6.07) is 13.8. The molecule has 0 amide bonds. The molecule has 0 unspecified atom stereocenters. The van der Waals surface area contributed by atoms with Gasteiger partial charge in [-0.1, -0.05) is 0 Å². The van der Waals surface area contributed by atoms with Crippen LogP contribution >= 0.6 is 15.9 Å². The SMILES string of the molecule is O=C(O)COc1ccc(C(=O)/C=C/c2ccc(-c3ccc([N+](=O)[O-])cc3Br)o2)cc1. The fourth-order valence-corrected chi connectivity index (χ4v) is 3.08. The quantitative estimate of drug-likeness (QED) is 0.213. The van der Waals surface area contributed by atoms with E-state index in [0.29, 0.717) is 32.9 Å². The minimum absolute atomic E-state index is 0.0396. The molecule has 1 N–H and O–H groups in total. The second-order valence-corrected chi connectivity index (χ2v) is 6.88. The standard InChI is InChI=1S/C21H14BrNO7/c22-18-11-14(23(27)28)3-8-17(18)20-10-7-16(30-20)6-9-19(24)13-1-4-15(5-2-13)29-12-21(25)26/h1-11H,12H2,(H,25,26)/b9-6+. The van der Waals surface area contributed by atoms with Crippen LogP contribution in [0.15, 0.2) is 69.6 Å². The Morgan fingerprint density at radius 3 is 2.50 bits per heavy atom. The van der Waals surface area contributed by atoms with E-state index in [1.807, 2.05) is 0 Å². The van der Waals surface area contributed by atoms with Gasteiger partial charge in [-0.05, 0) is 70.5 Å². The summed E-state index contributed by atoms with van der Waals surface area (Å²) in [4.78, 5) is 33.1. The number of furan rings is 1. The average Bonchev–Trinajstić information content (AvgIpc) is 3.19. The molecule has 1 heterocycles. The first-order valence-electron chi connectivity index (χ1n) is 8.54. The second-order valence-electron chi connectivity index (χ2n) is 6.03. The van der Waals surface area contributed by atoms with Gasteiger partial charge in [0.2, 0.25) is 0 Å². The van der Waals surface area contributed by atoms with E-state index in [1.165, 1.54) is 48.6 Å². The van der Waals surface area contributed by atoms with Crippen LogP contribution in [0.5, 0.6) is 5.75 Å². The molecule has 0 bridgehead atoms. The molecule has 0 aliphatic carbocycles. The Bertz CT molecular complexity index is 1130. The summed E-state index contributed by atoms with van der Waals surface area (Å²) in [7, 11) is 0. The Labute approximate surface area is 178 Å². The van der Waals surface area contributed by atoms with Crippen LogP contribution in [0.2, 0.25) is 0 Å². The maximum Gasteiger partial charge on any atom is 0.341 e. The lowest BCUT2D eigenvalue weighted by Gasteiger charge is -2.03. The van der Waals surface area contributed by atoms with E-state index in [9.17, 15) is 19.7 Å². The number of ether oxygens (including phenoxy) is 1. The van der Waals surface area contributed by atoms with E-state index >= 15 is 0 Å². The molecule has 3 aromatic rings. The molecule has 3 rings (SSSR count). The van der Waals surface area contributed by atoms with Crippen molar-refractivity contribution in [2.75, 3.05) is 6.61 Å². The van der Waals surface area contributed by atoms with E-state index < -0.39 is 17.5 Å². The minimum Gasteiger partial charge on any atom is -0.482 e. The fraction of sp³-hybridized carbons (Fsp3) is 0.0476. The molecular formula is C21H14BrNO7. The summed E-state index contributed by atoms with van der Waals surface area (Å²) in [5.41, 5.74) is 1.00. The van der Waals surface area contributed by atoms with E-state index in [2.05, 4.69) is 15.9 Å². The third-order valence-corrected chi connectivity index (χ3v) is 4.61. The van der Waals surface area contributed by atoms with Gasteiger partial charge in [0.15, 0.2) is 12.4 Å². The number of halogens is 1. The summed E-state index contributed by atoms with van der Waals surface area (Å²) in [6.45, 7) is -0.459. The number of carboxylic acid groups (broad SMARTS) is 1. The first kappa shape index (κ1) is 21.0. The molecule has 0 saturated carbocycles. The highest BCUT2D eigenvalue weighted by atomic mass is 79.9. The third kappa shape index (κ3) is 5.21.